The largest absolute Gasteiger partial charge is 0.329 e. The van der Waals surface area contributed by atoms with E-state index in [2.05, 4.69) is 15.3 Å². The number of nitrogens with zero attached hydrogens (tertiary/aromatic N) is 1. The van der Waals surface area contributed by atoms with Gasteiger partial charge in [0.05, 0.1) is 11.0 Å². The molecule has 0 radical (unpaired) electrons. The van der Waals surface area contributed by atoms with Crippen molar-refractivity contribution in [1.82, 2.24) is 9.97 Å². The first-order valence-corrected chi connectivity index (χ1v) is 8.03. The number of hydrogen-bond donors (Lipinski definition) is 2. The topological polar surface area (TPSA) is 57.8 Å². The summed E-state index contributed by atoms with van der Waals surface area (Å²) in [7, 11) is 0. The molecule has 1 aromatic heterocycles. The highest BCUT2D eigenvalue weighted by Crippen LogP contribution is 2.27. The number of H-pyrrole nitrogens is 1. The molecule has 1 saturated carbocycles. The number of aromatic amines is 1. The molecule has 21 heavy (non-hydrogen) atoms. The van der Waals surface area contributed by atoms with Gasteiger partial charge in [0.25, 0.3) is 0 Å². The molecule has 5 heteroatoms. The zero-order chi connectivity index (χ0) is 14.7. The van der Waals surface area contributed by atoms with Gasteiger partial charge in [0.15, 0.2) is 0 Å². The average Bonchev–Trinajstić information content (AvgIpc) is 2.85. The molecule has 0 bridgehead atoms. The van der Waals surface area contributed by atoms with Crippen LogP contribution in [-0.2, 0) is 4.79 Å². The number of anilines is 1. The van der Waals surface area contributed by atoms with Crippen molar-refractivity contribution in [3.63, 3.8) is 0 Å². The van der Waals surface area contributed by atoms with Gasteiger partial charge >= 0.3 is 0 Å². The summed E-state index contributed by atoms with van der Waals surface area (Å²) in [6.07, 6.45) is 8.18. The minimum Gasteiger partial charge on any atom is -0.329 e. The van der Waals surface area contributed by atoms with Crippen LogP contribution in [-0.4, -0.2) is 15.9 Å². The predicted molar refractivity (Wildman–Crippen MR) is 85.5 cm³/mol. The Kier molecular flexibility index (Phi) is 4.44. The Morgan fingerprint density at radius 3 is 2.95 bits per heavy atom. The van der Waals surface area contributed by atoms with Gasteiger partial charge in [-0.3, -0.25) is 4.79 Å². The first kappa shape index (κ1) is 14.4. The van der Waals surface area contributed by atoms with Gasteiger partial charge in [-0.05, 0) is 42.1 Å². The standard InChI is InChI=1S/C16H20ClN3O/c17-16-19-13-8-7-12(10-14(13)20-16)18-15(21)9-6-11-4-2-1-3-5-11/h7-8,10-11H,1-6,9H2,(H,18,21)(H,19,20). The monoisotopic (exact) mass is 305 g/mol. The average molecular weight is 306 g/mol. The zero-order valence-corrected chi connectivity index (χ0v) is 12.7. The van der Waals surface area contributed by atoms with Crippen LogP contribution in [0.2, 0.25) is 5.28 Å². The quantitative estimate of drug-likeness (QED) is 0.872. The van der Waals surface area contributed by atoms with Gasteiger partial charge in [0.2, 0.25) is 11.2 Å². The Morgan fingerprint density at radius 1 is 1.33 bits per heavy atom. The maximum atomic E-state index is 12.0. The van der Waals surface area contributed by atoms with Gasteiger partial charge in [-0.15, -0.1) is 0 Å². The molecule has 1 aliphatic carbocycles. The van der Waals surface area contributed by atoms with E-state index in [1.54, 1.807) is 0 Å². The van der Waals surface area contributed by atoms with Gasteiger partial charge in [-0.1, -0.05) is 32.1 Å². The van der Waals surface area contributed by atoms with Crippen molar-refractivity contribution in [3.8, 4) is 0 Å². The minimum atomic E-state index is 0.0885. The van der Waals surface area contributed by atoms with E-state index in [1.807, 2.05) is 18.2 Å². The third kappa shape index (κ3) is 3.76. The maximum Gasteiger partial charge on any atom is 0.224 e. The van der Waals surface area contributed by atoms with E-state index >= 15 is 0 Å². The second kappa shape index (κ2) is 6.48. The summed E-state index contributed by atoms with van der Waals surface area (Å²) in [4.78, 5) is 19.1. The fraction of sp³-hybridized carbons (Fsp3) is 0.500. The molecular weight excluding hydrogens is 286 g/mol. The second-order valence-electron chi connectivity index (χ2n) is 5.85. The number of benzene rings is 1. The highest BCUT2D eigenvalue weighted by molar-refractivity contribution is 6.29. The number of carbonyl (C=O) groups is 1. The molecule has 0 saturated heterocycles. The van der Waals surface area contributed by atoms with Crippen LogP contribution >= 0.6 is 11.6 Å². The molecule has 3 rings (SSSR count). The third-order valence-corrected chi connectivity index (χ3v) is 4.42. The fourth-order valence-electron chi connectivity index (χ4n) is 3.09. The molecule has 0 unspecified atom stereocenters. The molecule has 1 fully saturated rings. The summed E-state index contributed by atoms with van der Waals surface area (Å²) < 4.78 is 0. The van der Waals surface area contributed by atoms with Gasteiger partial charge in [-0.2, -0.15) is 0 Å². The number of hydrogen-bond acceptors (Lipinski definition) is 2. The summed E-state index contributed by atoms with van der Waals surface area (Å²) in [5.41, 5.74) is 2.43. The first-order chi connectivity index (χ1) is 10.2. The van der Waals surface area contributed by atoms with Crippen LogP contribution in [0.5, 0.6) is 0 Å². The molecule has 1 amide bonds. The van der Waals surface area contributed by atoms with Crippen molar-refractivity contribution < 1.29 is 4.79 Å². The number of carbonyl (C=O) groups excluding carboxylic acids is 1. The fourth-order valence-corrected chi connectivity index (χ4v) is 3.28. The number of rotatable bonds is 4. The SMILES string of the molecule is O=C(CCC1CCCCC1)Nc1ccc2nc(Cl)[nH]c2c1. The normalized spacial score (nSPS) is 16.2. The summed E-state index contributed by atoms with van der Waals surface area (Å²) in [6, 6.07) is 5.58. The second-order valence-corrected chi connectivity index (χ2v) is 6.21. The van der Waals surface area contributed by atoms with Crippen molar-refractivity contribution in [2.24, 2.45) is 5.92 Å². The number of halogens is 1. The number of imidazole rings is 1. The van der Waals surface area contributed by atoms with Crippen molar-refractivity contribution >= 4 is 34.2 Å². The zero-order valence-electron chi connectivity index (χ0n) is 12.0. The Hall–Kier alpha value is -1.55. The van der Waals surface area contributed by atoms with Gasteiger partial charge < -0.3 is 10.3 Å². The predicted octanol–water partition coefficient (Wildman–Crippen LogP) is 4.52. The summed E-state index contributed by atoms with van der Waals surface area (Å²) in [6.45, 7) is 0. The maximum absolute atomic E-state index is 12.0. The van der Waals surface area contributed by atoms with Gasteiger partial charge in [-0.25, -0.2) is 4.98 Å². The lowest BCUT2D eigenvalue weighted by Crippen LogP contribution is -2.14. The molecule has 112 valence electrons. The van der Waals surface area contributed by atoms with Crippen molar-refractivity contribution in [2.75, 3.05) is 5.32 Å². The molecule has 1 aliphatic rings. The molecule has 0 aliphatic heterocycles. The van der Waals surface area contributed by atoms with Crippen LogP contribution in [0.4, 0.5) is 5.69 Å². The number of fused-ring (bicyclic) bond motifs is 1. The van der Waals surface area contributed by atoms with E-state index in [9.17, 15) is 4.79 Å². The smallest absolute Gasteiger partial charge is 0.224 e. The Balaban J connectivity index is 1.55. The molecule has 0 spiro atoms. The molecular formula is C16H20ClN3O. The third-order valence-electron chi connectivity index (χ3n) is 4.24. The van der Waals surface area contributed by atoms with E-state index in [1.165, 1.54) is 32.1 Å². The molecule has 1 heterocycles. The molecule has 2 N–H and O–H groups in total. The van der Waals surface area contributed by atoms with E-state index in [0.29, 0.717) is 11.7 Å². The Labute approximate surface area is 129 Å². The molecule has 4 nitrogen and oxygen atoms in total. The van der Waals surface area contributed by atoms with E-state index < -0.39 is 0 Å². The summed E-state index contributed by atoms with van der Waals surface area (Å²) in [5, 5.41) is 3.32. The minimum absolute atomic E-state index is 0.0885. The first-order valence-electron chi connectivity index (χ1n) is 7.66. The lowest BCUT2D eigenvalue weighted by molar-refractivity contribution is -0.116. The van der Waals surface area contributed by atoms with Crippen LogP contribution in [0.25, 0.3) is 11.0 Å². The molecule has 2 aromatic rings. The highest BCUT2D eigenvalue weighted by Gasteiger charge is 2.15. The van der Waals surface area contributed by atoms with E-state index in [0.717, 1.165) is 29.1 Å². The van der Waals surface area contributed by atoms with Crippen molar-refractivity contribution in [3.05, 3.63) is 23.5 Å². The number of aromatic nitrogens is 2. The lowest BCUT2D eigenvalue weighted by Gasteiger charge is -2.20. The van der Waals surface area contributed by atoms with Gasteiger partial charge in [0.1, 0.15) is 0 Å². The lowest BCUT2D eigenvalue weighted by atomic mass is 9.86. The van der Waals surface area contributed by atoms with Crippen molar-refractivity contribution in [1.29, 1.82) is 0 Å². The highest BCUT2D eigenvalue weighted by atomic mass is 35.5. The summed E-state index contributed by atoms with van der Waals surface area (Å²) in [5.74, 6) is 0.823. The van der Waals surface area contributed by atoms with E-state index in [-0.39, 0.29) is 5.91 Å². The number of nitrogens with one attached hydrogen (secondary N) is 2. The van der Waals surface area contributed by atoms with Crippen LogP contribution in [0.3, 0.4) is 0 Å². The summed E-state index contributed by atoms with van der Waals surface area (Å²) >= 11 is 5.82. The molecule has 1 aromatic carbocycles. The van der Waals surface area contributed by atoms with Crippen LogP contribution < -0.4 is 5.32 Å². The van der Waals surface area contributed by atoms with E-state index in [4.69, 9.17) is 11.6 Å². The molecule has 0 atom stereocenters. The number of amides is 1. The van der Waals surface area contributed by atoms with Gasteiger partial charge in [0, 0.05) is 12.1 Å². The van der Waals surface area contributed by atoms with Crippen LogP contribution in [0.1, 0.15) is 44.9 Å². The van der Waals surface area contributed by atoms with Crippen LogP contribution in [0, 0.1) is 5.92 Å². The Bertz CT molecular complexity index is 631. The Morgan fingerprint density at radius 2 is 2.14 bits per heavy atom. The van der Waals surface area contributed by atoms with Crippen LogP contribution in [0.15, 0.2) is 18.2 Å². The van der Waals surface area contributed by atoms with Crippen molar-refractivity contribution in [2.45, 2.75) is 44.9 Å².